The zero-order valence-electron chi connectivity index (χ0n) is 7.61. The van der Waals surface area contributed by atoms with Crippen LogP contribution in [-0.2, 0) is 0 Å². The highest BCUT2D eigenvalue weighted by Gasteiger charge is 2.06. The molecule has 4 nitrogen and oxygen atoms in total. The second-order valence-corrected chi connectivity index (χ2v) is 3.08. The standard InChI is InChI=1S/C9H9ClN2O2/c1-2-9(11-12(13)14)7-4-3-5-8(10)6-7/h3-6H,2H2,1H3/b11-9+. The summed E-state index contributed by atoms with van der Waals surface area (Å²) < 4.78 is 0. The number of benzene rings is 1. The van der Waals surface area contributed by atoms with Crippen LogP contribution in [0.15, 0.2) is 29.4 Å². The van der Waals surface area contributed by atoms with Crippen molar-refractivity contribution in [3.8, 4) is 0 Å². The predicted octanol–water partition coefficient (Wildman–Crippen LogP) is 2.73. The normalized spacial score (nSPS) is 11.4. The highest BCUT2D eigenvalue weighted by atomic mass is 35.5. The van der Waals surface area contributed by atoms with Crippen molar-refractivity contribution in [1.82, 2.24) is 0 Å². The number of rotatable bonds is 3. The first-order valence-electron chi connectivity index (χ1n) is 4.11. The van der Waals surface area contributed by atoms with E-state index in [0.717, 1.165) is 0 Å². The molecular formula is C9H9ClN2O2. The van der Waals surface area contributed by atoms with Gasteiger partial charge in [-0.2, -0.15) is 0 Å². The summed E-state index contributed by atoms with van der Waals surface area (Å²) in [5, 5.41) is 13.4. The summed E-state index contributed by atoms with van der Waals surface area (Å²) in [6.45, 7) is 1.81. The van der Waals surface area contributed by atoms with Crippen molar-refractivity contribution in [3.63, 3.8) is 0 Å². The molecule has 0 heterocycles. The van der Waals surface area contributed by atoms with Gasteiger partial charge in [0.2, 0.25) is 0 Å². The molecule has 0 aliphatic heterocycles. The topological polar surface area (TPSA) is 55.5 Å². The maximum Gasteiger partial charge on any atom is 0.191 e. The first kappa shape index (κ1) is 10.7. The van der Waals surface area contributed by atoms with Gasteiger partial charge >= 0.3 is 0 Å². The van der Waals surface area contributed by atoms with Gasteiger partial charge in [0.15, 0.2) is 5.03 Å². The Balaban J connectivity index is 3.07. The van der Waals surface area contributed by atoms with Crippen LogP contribution in [0.5, 0.6) is 0 Å². The number of nitrogens with zero attached hydrogens (tertiary/aromatic N) is 2. The van der Waals surface area contributed by atoms with Crippen molar-refractivity contribution in [1.29, 1.82) is 0 Å². The Morgan fingerprint density at radius 3 is 2.86 bits per heavy atom. The maximum atomic E-state index is 10.2. The molecule has 14 heavy (non-hydrogen) atoms. The molecule has 0 saturated carbocycles. The van der Waals surface area contributed by atoms with Gasteiger partial charge in [-0.25, -0.2) is 10.1 Å². The van der Waals surface area contributed by atoms with E-state index in [1.54, 1.807) is 24.3 Å². The molecule has 0 aliphatic rings. The van der Waals surface area contributed by atoms with Crippen molar-refractivity contribution in [3.05, 3.63) is 45.0 Å². The predicted molar refractivity (Wildman–Crippen MR) is 55.3 cm³/mol. The van der Waals surface area contributed by atoms with Crippen molar-refractivity contribution < 1.29 is 5.03 Å². The van der Waals surface area contributed by atoms with E-state index in [9.17, 15) is 10.1 Å². The lowest BCUT2D eigenvalue weighted by atomic mass is 10.1. The van der Waals surface area contributed by atoms with Crippen LogP contribution in [0.3, 0.4) is 0 Å². The minimum Gasteiger partial charge on any atom is -0.233 e. The summed E-state index contributed by atoms with van der Waals surface area (Å²) in [4.78, 5) is 10.2. The Bertz CT molecular complexity index is 377. The molecule has 0 unspecified atom stereocenters. The van der Waals surface area contributed by atoms with Crippen LogP contribution in [0.4, 0.5) is 0 Å². The first-order valence-corrected chi connectivity index (χ1v) is 4.49. The Morgan fingerprint density at radius 1 is 1.64 bits per heavy atom. The molecular weight excluding hydrogens is 204 g/mol. The summed E-state index contributed by atoms with van der Waals surface area (Å²) in [7, 11) is 0. The molecule has 0 fully saturated rings. The lowest BCUT2D eigenvalue weighted by molar-refractivity contribution is -0.485. The largest absolute Gasteiger partial charge is 0.233 e. The zero-order chi connectivity index (χ0) is 10.6. The van der Waals surface area contributed by atoms with Crippen molar-refractivity contribution in [2.75, 3.05) is 0 Å². The summed E-state index contributed by atoms with van der Waals surface area (Å²) in [5.41, 5.74) is 1.12. The highest BCUT2D eigenvalue weighted by Crippen LogP contribution is 2.12. The van der Waals surface area contributed by atoms with E-state index in [2.05, 4.69) is 5.10 Å². The molecule has 0 bridgehead atoms. The van der Waals surface area contributed by atoms with Crippen LogP contribution in [0.1, 0.15) is 18.9 Å². The SMILES string of the molecule is CC/C(=N\[N+](=O)[O-])c1cccc(Cl)c1. The molecule has 0 amide bonds. The third-order valence-electron chi connectivity index (χ3n) is 1.70. The van der Waals surface area contributed by atoms with Gasteiger partial charge in [0.25, 0.3) is 0 Å². The van der Waals surface area contributed by atoms with E-state index in [-0.39, 0.29) is 0 Å². The molecule has 0 spiro atoms. The van der Waals surface area contributed by atoms with Crippen LogP contribution >= 0.6 is 11.6 Å². The molecule has 74 valence electrons. The van der Waals surface area contributed by atoms with Gasteiger partial charge in [-0.15, -0.1) is 0 Å². The zero-order valence-corrected chi connectivity index (χ0v) is 8.36. The van der Waals surface area contributed by atoms with E-state index in [4.69, 9.17) is 11.6 Å². The Labute approximate surface area is 86.3 Å². The van der Waals surface area contributed by atoms with E-state index >= 15 is 0 Å². The molecule has 1 aromatic carbocycles. The minimum atomic E-state index is -0.695. The van der Waals surface area contributed by atoms with Gasteiger partial charge in [-0.3, -0.25) is 0 Å². The summed E-state index contributed by atoms with van der Waals surface area (Å²) >= 11 is 5.76. The third kappa shape index (κ3) is 2.81. The lowest BCUT2D eigenvalue weighted by Gasteiger charge is -1.99. The van der Waals surface area contributed by atoms with Gasteiger partial charge in [0, 0.05) is 10.6 Å². The van der Waals surface area contributed by atoms with Gasteiger partial charge in [-0.05, 0) is 18.6 Å². The smallest absolute Gasteiger partial charge is 0.191 e. The lowest BCUT2D eigenvalue weighted by Crippen LogP contribution is -2.02. The number of hydrogen-bond acceptors (Lipinski definition) is 2. The molecule has 0 atom stereocenters. The van der Waals surface area contributed by atoms with Crippen LogP contribution < -0.4 is 0 Å². The molecule has 0 aliphatic carbocycles. The molecule has 5 heteroatoms. The fourth-order valence-electron chi connectivity index (χ4n) is 1.10. The van der Waals surface area contributed by atoms with Gasteiger partial charge in [0.05, 0.1) is 5.10 Å². The summed E-state index contributed by atoms with van der Waals surface area (Å²) in [6, 6.07) is 6.86. The number of nitro groups is 1. The summed E-state index contributed by atoms with van der Waals surface area (Å²) in [5.74, 6) is 0. The van der Waals surface area contributed by atoms with E-state index < -0.39 is 5.03 Å². The summed E-state index contributed by atoms with van der Waals surface area (Å²) in [6.07, 6.45) is 0.501. The fourth-order valence-corrected chi connectivity index (χ4v) is 1.29. The van der Waals surface area contributed by atoms with Crippen molar-refractivity contribution in [2.45, 2.75) is 13.3 Å². The molecule has 0 saturated heterocycles. The van der Waals surface area contributed by atoms with Crippen LogP contribution in [0.25, 0.3) is 0 Å². The quantitative estimate of drug-likeness (QED) is 0.440. The fraction of sp³-hybridized carbons (Fsp3) is 0.222. The molecule has 0 aromatic heterocycles. The Morgan fingerprint density at radius 2 is 2.36 bits per heavy atom. The van der Waals surface area contributed by atoms with Gasteiger partial charge < -0.3 is 0 Å². The molecule has 1 rings (SSSR count). The van der Waals surface area contributed by atoms with Crippen LogP contribution in [0.2, 0.25) is 5.02 Å². The second-order valence-electron chi connectivity index (χ2n) is 2.65. The average Bonchev–Trinajstić information content (AvgIpc) is 2.14. The molecule has 0 radical (unpaired) electrons. The van der Waals surface area contributed by atoms with Gasteiger partial charge in [0.1, 0.15) is 5.71 Å². The maximum absolute atomic E-state index is 10.2. The van der Waals surface area contributed by atoms with E-state index in [0.29, 0.717) is 22.7 Å². The van der Waals surface area contributed by atoms with Crippen LogP contribution in [0, 0.1) is 10.1 Å². The van der Waals surface area contributed by atoms with E-state index in [1.807, 2.05) is 6.92 Å². The van der Waals surface area contributed by atoms with Crippen molar-refractivity contribution in [2.24, 2.45) is 5.10 Å². The van der Waals surface area contributed by atoms with Crippen LogP contribution in [-0.4, -0.2) is 10.7 Å². The number of hydrogen-bond donors (Lipinski definition) is 0. The first-order chi connectivity index (χ1) is 6.63. The monoisotopic (exact) mass is 212 g/mol. The number of hydrazone groups is 1. The second kappa shape index (κ2) is 4.72. The van der Waals surface area contributed by atoms with Gasteiger partial charge in [-0.1, -0.05) is 30.7 Å². The number of halogens is 1. The van der Waals surface area contributed by atoms with Crippen molar-refractivity contribution >= 4 is 17.3 Å². The Hall–Kier alpha value is -1.42. The Kier molecular flexibility index (Phi) is 3.59. The third-order valence-corrected chi connectivity index (χ3v) is 1.93. The van der Waals surface area contributed by atoms with E-state index in [1.165, 1.54) is 0 Å². The molecule has 1 aromatic rings. The highest BCUT2D eigenvalue weighted by molar-refractivity contribution is 6.31. The average molecular weight is 213 g/mol. The minimum absolute atomic E-state index is 0.428. The molecule has 0 N–H and O–H groups in total.